The Morgan fingerprint density at radius 3 is 2.23 bits per heavy atom. The molecule has 22 heavy (non-hydrogen) atoms. The lowest BCUT2D eigenvalue weighted by atomic mass is 10.1. The molecule has 1 aliphatic heterocycles. The molecule has 1 unspecified atom stereocenters. The minimum Gasteiger partial charge on any atom is -0.497 e. The van der Waals surface area contributed by atoms with E-state index in [2.05, 4.69) is 0 Å². The number of benzene rings is 3. The molecule has 3 heteroatoms. The molecule has 1 aliphatic rings. The van der Waals surface area contributed by atoms with Gasteiger partial charge < -0.3 is 9.30 Å². The molecule has 0 saturated carbocycles. The molecule has 3 aromatic rings. The highest BCUT2D eigenvalue weighted by Crippen LogP contribution is 2.52. The van der Waals surface area contributed by atoms with Crippen molar-refractivity contribution >= 4 is 23.1 Å². The van der Waals surface area contributed by atoms with Crippen LogP contribution in [0.4, 0.5) is 0 Å². The average molecular weight is 306 g/mol. The van der Waals surface area contributed by atoms with Crippen molar-refractivity contribution < 1.29 is 9.30 Å². The first-order chi connectivity index (χ1) is 10.7. The first kappa shape index (κ1) is 13.4. The van der Waals surface area contributed by atoms with Gasteiger partial charge in [-0.2, -0.15) is 0 Å². The summed E-state index contributed by atoms with van der Waals surface area (Å²) in [7, 11) is -1.19. The van der Waals surface area contributed by atoms with Crippen molar-refractivity contribution in [2.75, 3.05) is 7.11 Å². The van der Waals surface area contributed by atoms with Crippen LogP contribution in [-0.4, -0.2) is 7.11 Å². The second-order valence-electron chi connectivity index (χ2n) is 5.35. The predicted molar refractivity (Wildman–Crippen MR) is 91.4 cm³/mol. The molecule has 0 fully saturated rings. The molecule has 4 rings (SSSR count). The third-order valence-electron chi connectivity index (χ3n) is 4.20. The zero-order valence-electron chi connectivity index (χ0n) is 12.2. The third-order valence-corrected chi connectivity index (χ3v) is 7.34. The van der Waals surface area contributed by atoms with Crippen molar-refractivity contribution in [1.82, 2.24) is 0 Å². The number of rotatable bonds is 2. The van der Waals surface area contributed by atoms with Crippen LogP contribution in [0.15, 0.2) is 72.8 Å². The molecule has 0 aromatic heterocycles. The third kappa shape index (κ3) is 1.71. The Morgan fingerprint density at radius 2 is 1.45 bits per heavy atom. The fraction of sp³-hybridized carbons (Fsp3) is 0.0526. The predicted octanol–water partition coefficient (Wildman–Crippen LogP) is 3.32. The van der Waals surface area contributed by atoms with Crippen molar-refractivity contribution in [1.29, 1.82) is 0 Å². The lowest BCUT2D eigenvalue weighted by Crippen LogP contribution is -2.20. The maximum Gasteiger partial charge on any atom is 0.172 e. The van der Waals surface area contributed by atoms with E-state index in [4.69, 9.17) is 4.74 Å². The number of fused-ring (bicyclic) bond motifs is 3. The van der Waals surface area contributed by atoms with Gasteiger partial charge in [0, 0.05) is 15.9 Å². The van der Waals surface area contributed by atoms with E-state index in [1.54, 1.807) is 7.11 Å². The molecule has 1 heterocycles. The number of hydrogen-bond donors (Lipinski definition) is 0. The Balaban J connectivity index is 2.10. The van der Waals surface area contributed by atoms with Gasteiger partial charge in [-0.3, -0.25) is 0 Å². The molecule has 0 aliphatic carbocycles. The Hall–Kier alpha value is -2.31. The van der Waals surface area contributed by atoms with Crippen molar-refractivity contribution in [3.8, 4) is 16.9 Å². The summed E-state index contributed by atoms with van der Waals surface area (Å²) in [6, 6.07) is 23.6. The van der Waals surface area contributed by atoms with Gasteiger partial charge >= 0.3 is 0 Å². The molecule has 2 nitrogen and oxygen atoms in total. The summed E-state index contributed by atoms with van der Waals surface area (Å²) in [5, 5.41) is 2.66. The van der Waals surface area contributed by atoms with E-state index >= 15 is 0 Å². The van der Waals surface area contributed by atoms with Crippen molar-refractivity contribution in [2.45, 2.75) is 0 Å². The molecular formula is C19H15O2P. The Morgan fingerprint density at radius 1 is 0.773 bits per heavy atom. The molecule has 0 N–H and O–H groups in total. The lowest BCUT2D eigenvalue weighted by molar-refractivity contribution is 0.415. The van der Waals surface area contributed by atoms with E-state index < -0.39 is 7.14 Å². The van der Waals surface area contributed by atoms with E-state index in [1.807, 2.05) is 72.8 Å². The molecule has 1 atom stereocenters. The van der Waals surface area contributed by atoms with Crippen LogP contribution in [0.5, 0.6) is 5.75 Å². The van der Waals surface area contributed by atoms with Gasteiger partial charge in [0.2, 0.25) is 0 Å². The van der Waals surface area contributed by atoms with Crippen LogP contribution >= 0.6 is 7.14 Å². The molecular weight excluding hydrogens is 291 g/mol. The summed E-state index contributed by atoms with van der Waals surface area (Å²) in [5.41, 5.74) is 2.11. The maximum absolute atomic E-state index is 14.1. The molecule has 0 amide bonds. The van der Waals surface area contributed by atoms with Gasteiger partial charge in [0.15, 0.2) is 7.14 Å². The highest BCUT2D eigenvalue weighted by atomic mass is 31.2. The first-order valence-electron chi connectivity index (χ1n) is 7.19. The molecule has 3 aromatic carbocycles. The zero-order chi connectivity index (χ0) is 15.2. The summed E-state index contributed by atoms with van der Waals surface area (Å²) in [6.45, 7) is 0. The monoisotopic (exact) mass is 306 g/mol. The fourth-order valence-corrected chi connectivity index (χ4v) is 6.23. The highest BCUT2D eigenvalue weighted by Gasteiger charge is 2.40. The van der Waals surface area contributed by atoms with Crippen LogP contribution in [0.25, 0.3) is 11.1 Å². The normalized spacial score (nSPS) is 18.6. The molecule has 0 radical (unpaired) electrons. The highest BCUT2D eigenvalue weighted by molar-refractivity contribution is 7.86. The van der Waals surface area contributed by atoms with Gasteiger partial charge in [-0.1, -0.05) is 54.6 Å². The standard InChI is InChI=1S/C19H15O2P/c1-21-14-11-12-17-16-9-5-6-10-18(16)22(20,19(17)13-14)15-7-3-2-4-8-15/h2-13H,1H3. The van der Waals surface area contributed by atoms with Crippen LogP contribution in [0.3, 0.4) is 0 Å². The summed E-state index contributed by atoms with van der Waals surface area (Å²) in [6.07, 6.45) is 0. The second kappa shape index (κ2) is 4.86. The topological polar surface area (TPSA) is 26.3 Å². The number of methoxy groups -OCH3 is 1. The zero-order valence-corrected chi connectivity index (χ0v) is 13.1. The van der Waals surface area contributed by atoms with Gasteiger partial charge in [0.1, 0.15) is 5.75 Å². The summed E-state index contributed by atoms with van der Waals surface area (Å²) >= 11 is 0. The maximum atomic E-state index is 14.1. The van der Waals surface area contributed by atoms with E-state index in [9.17, 15) is 4.57 Å². The van der Waals surface area contributed by atoms with Crippen LogP contribution in [0, 0.1) is 0 Å². The lowest BCUT2D eigenvalue weighted by Gasteiger charge is -2.16. The van der Waals surface area contributed by atoms with Crippen LogP contribution in [0.2, 0.25) is 0 Å². The molecule has 0 spiro atoms. The fourth-order valence-electron chi connectivity index (χ4n) is 3.15. The van der Waals surface area contributed by atoms with Crippen molar-refractivity contribution in [2.24, 2.45) is 0 Å². The largest absolute Gasteiger partial charge is 0.497 e. The van der Waals surface area contributed by atoms with Crippen LogP contribution < -0.4 is 20.7 Å². The Labute approximate surface area is 129 Å². The van der Waals surface area contributed by atoms with E-state index in [1.165, 1.54) is 0 Å². The van der Waals surface area contributed by atoms with Gasteiger partial charge in [-0.05, 0) is 29.3 Å². The van der Waals surface area contributed by atoms with Crippen molar-refractivity contribution in [3.05, 3.63) is 72.8 Å². The van der Waals surface area contributed by atoms with Gasteiger partial charge in [0.25, 0.3) is 0 Å². The quantitative estimate of drug-likeness (QED) is 0.531. The minimum atomic E-state index is -2.82. The van der Waals surface area contributed by atoms with E-state index in [0.717, 1.165) is 32.8 Å². The summed E-state index contributed by atoms with van der Waals surface area (Å²) < 4.78 is 19.4. The van der Waals surface area contributed by atoms with Gasteiger partial charge in [-0.15, -0.1) is 0 Å². The molecule has 0 saturated heterocycles. The average Bonchev–Trinajstić information content (AvgIpc) is 2.86. The summed E-state index contributed by atoms with van der Waals surface area (Å²) in [5.74, 6) is 0.739. The minimum absolute atomic E-state index is 0.739. The molecule has 108 valence electrons. The van der Waals surface area contributed by atoms with E-state index in [0.29, 0.717) is 0 Å². The number of ether oxygens (including phenoxy) is 1. The molecule has 0 bridgehead atoms. The first-order valence-corrected chi connectivity index (χ1v) is 8.90. The van der Waals surface area contributed by atoms with E-state index in [-0.39, 0.29) is 0 Å². The SMILES string of the molecule is COc1ccc2c(c1)P(=O)(c1ccccc1)c1ccccc1-2. The smallest absolute Gasteiger partial charge is 0.172 e. The van der Waals surface area contributed by atoms with Gasteiger partial charge in [0.05, 0.1) is 7.11 Å². The van der Waals surface area contributed by atoms with Crippen LogP contribution in [-0.2, 0) is 4.57 Å². The second-order valence-corrected chi connectivity index (χ2v) is 8.04. The Bertz CT molecular complexity index is 900. The van der Waals surface area contributed by atoms with Gasteiger partial charge in [-0.25, -0.2) is 0 Å². The number of hydrogen-bond acceptors (Lipinski definition) is 2. The van der Waals surface area contributed by atoms with Crippen LogP contribution in [0.1, 0.15) is 0 Å². The van der Waals surface area contributed by atoms with Crippen molar-refractivity contribution in [3.63, 3.8) is 0 Å². The Kier molecular flexibility index (Phi) is 2.95. The summed E-state index contributed by atoms with van der Waals surface area (Å²) in [4.78, 5) is 0.